The molecule has 1 N–H and O–H groups in total. The van der Waals surface area contributed by atoms with E-state index in [-0.39, 0.29) is 11.8 Å². The van der Waals surface area contributed by atoms with Gasteiger partial charge in [0.15, 0.2) is 5.82 Å². The number of methoxy groups -OCH3 is 1. The fourth-order valence-electron chi connectivity index (χ4n) is 3.25. The van der Waals surface area contributed by atoms with Crippen molar-refractivity contribution < 1.29 is 9.53 Å². The number of nitrogens with zero attached hydrogens (tertiary/aromatic N) is 3. The zero-order valence-corrected chi connectivity index (χ0v) is 17.4. The molecule has 1 saturated heterocycles. The van der Waals surface area contributed by atoms with Gasteiger partial charge in [0.05, 0.1) is 0 Å². The molecule has 1 aliphatic rings. The van der Waals surface area contributed by atoms with E-state index in [4.69, 9.17) is 4.74 Å². The van der Waals surface area contributed by atoms with E-state index in [0.717, 1.165) is 48.1 Å². The molecule has 3 rings (SSSR count). The Balaban J connectivity index is 1.57. The van der Waals surface area contributed by atoms with Crippen LogP contribution in [0.3, 0.4) is 0 Å². The highest BCUT2D eigenvalue weighted by Gasteiger charge is 2.26. The second-order valence-corrected chi connectivity index (χ2v) is 8.06. The van der Waals surface area contributed by atoms with Gasteiger partial charge in [-0.1, -0.05) is 29.5 Å². The first-order valence-corrected chi connectivity index (χ1v) is 10.6. The molecule has 0 spiro atoms. The minimum atomic E-state index is 0.0728. The monoisotopic (exact) mass is 400 g/mol. The number of nitrogens with one attached hydrogen (secondary N) is 1. The molecule has 1 aromatic carbocycles. The van der Waals surface area contributed by atoms with Gasteiger partial charge in [-0.15, -0.1) is 0 Å². The average molecular weight is 401 g/mol. The zero-order valence-electron chi connectivity index (χ0n) is 16.6. The number of carbonyl (C=O) groups is 1. The van der Waals surface area contributed by atoms with E-state index >= 15 is 0 Å². The lowest BCUT2D eigenvalue weighted by Gasteiger charge is -2.32. The van der Waals surface area contributed by atoms with Crippen molar-refractivity contribution in [3.63, 3.8) is 0 Å². The van der Waals surface area contributed by atoms with Gasteiger partial charge in [-0.2, -0.15) is 0 Å². The standard InChI is InChI=1S/C21H28N4O2S/c1-16-4-6-18(7-5-16)28-21-19(22-11-12-24-21)25-13-8-17(9-14-25)20(26)23-10-3-15-27-2/h4-7,11-12,17H,3,8-10,13-15H2,1-2H3,(H,23,26). The molecule has 0 aliphatic carbocycles. The molecule has 0 unspecified atom stereocenters. The molecule has 0 atom stereocenters. The average Bonchev–Trinajstić information content (AvgIpc) is 2.73. The van der Waals surface area contributed by atoms with Gasteiger partial charge in [0.25, 0.3) is 0 Å². The Morgan fingerprint density at radius 3 is 2.64 bits per heavy atom. The van der Waals surface area contributed by atoms with Gasteiger partial charge in [0.2, 0.25) is 5.91 Å². The second-order valence-electron chi connectivity index (χ2n) is 7.00. The van der Waals surface area contributed by atoms with Crippen LogP contribution < -0.4 is 10.2 Å². The smallest absolute Gasteiger partial charge is 0.223 e. The van der Waals surface area contributed by atoms with Gasteiger partial charge in [-0.05, 0) is 38.3 Å². The van der Waals surface area contributed by atoms with Crippen molar-refractivity contribution in [2.24, 2.45) is 5.92 Å². The summed E-state index contributed by atoms with van der Waals surface area (Å²) in [7, 11) is 1.68. The van der Waals surface area contributed by atoms with E-state index in [2.05, 4.69) is 51.4 Å². The van der Waals surface area contributed by atoms with Crippen LogP contribution >= 0.6 is 11.8 Å². The minimum Gasteiger partial charge on any atom is -0.385 e. The summed E-state index contributed by atoms with van der Waals surface area (Å²) < 4.78 is 5.02. The number of aryl methyl sites for hydroxylation is 1. The molecule has 2 aromatic rings. The predicted octanol–water partition coefficient (Wildman–Crippen LogP) is 3.31. The Morgan fingerprint density at radius 2 is 1.93 bits per heavy atom. The summed E-state index contributed by atoms with van der Waals surface area (Å²) in [6, 6.07) is 8.43. The molecule has 1 aromatic heterocycles. The molecule has 28 heavy (non-hydrogen) atoms. The summed E-state index contributed by atoms with van der Waals surface area (Å²) in [5.41, 5.74) is 1.24. The number of aromatic nitrogens is 2. The number of benzene rings is 1. The third-order valence-electron chi connectivity index (χ3n) is 4.87. The van der Waals surface area contributed by atoms with Crippen LogP contribution in [0.2, 0.25) is 0 Å². The van der Waals surface area contributed by atoms with E-state index in [9.17, 15) is 4.79 Å². The van der Waals surface area contributed by atoms with Gasteiger partial charge >= 0.3 is 0 Å². The molecular weight excluding hydrogens is 372 g/mol. The largest absolute Gasteiger partial charge is 0.385 e. The first-order chi connectivity index (χ1) is 13.7. The highest BCUT2D eigenvalue weighted by Crippen LogP contribution is 2.34. The van der Waals surface area contributed by atoms with Crippen LogP contribution in [0.1, 0.15) is 24.8 Å². The van der Waals surface area contributed by atoms with Crippen molar-refractivity contribution in [3.05, 3.63) is 42.2 Å². The molecule has 6 nitrogen and oxygen atoms in total. The SMILES string of the molecule is COCCCNC(=O)C1CCN(c2nccnc2Sc2ccc(C)cc2)CC1. The van der Waals surface area contributed by atoms with Crippen LogP contribution in [0.15, 0.2) is 46.6 Å². The van der Waals surface area contributed by atoms with Crippen molar-refractivity contribution in [1.29, 1.82) is 0 Å². The van der Waals surface area contributed by atoms with Gasteiger partial charge in [-0.25, -0.2) is 9.97 Å². The van der Waals surface area contributed by atoms with Gasteiger partial charge < -0.3 is 15.0 Å². The predicted molar refractivity (Wildman–Crippen MR) is 112 cm³/mol. The summed E-state index contributed by atoms with van der Waals surface area (Å²) in [4.78, 5) is 24.9. The number of hydrogen-bond acceptors (Lipinski definition) is 6. The fraction of sp³-hybridized carbons (Fsp3) is 0.476. The Bertz CT molecular complexity index is 761. The summed E-state index contributed by atoms with van der Waals surface area (Å²) in [5.74, 6) is 1.14. The van der Waals surface area contributed by atoms with Crippen molar-refractivity contribution in [2.45, 2.75) is 36.1 Å². The molecular formula is C21H28N4O2S. The van der Waals surface area contributed by atoms with E-state index in [1.54, 1.807) is 31.3 Å². The van der Waals surface area contributed by atoms with Crippen molar-refractivity contribution in [3.8, 4) is 0 Å². The number of rotatable bonds is 8. The van der Waals surface area contributed by atoms with Gasteiger partial charge in [0.1, 0.15) is 5.03 Å². The van der Waals surface area contributed by atoms with Crippen molar-refractivity contribution >= 4 is 23.5 Å². The molecule has 0 bridgehead atoms. The van der Waals surface area contributed by atoms with E-state index < -0.39 is 0 Å². The highest BCUT2D eigenvalue weighted by molar-refractivity contribution is 7.99. The van der Waals surface area contributed by atoms with Crippen molar-refractivity contribution in [2.75, 3.05) is 38.3 Å². The van der Waals surface area contributed by atoms with E-state index in [0.29, 0.717) is 13.2 Å². The lowest BCUT2D eigenvalue weighted by Crippen LogP contribution is -2.41. The highest BCUT2D eigenvalue weighted by atomic mass is 32.2. The van der Waals surface area contributed by atoms with Crippen LogP contribution in [-0.4, -0.2) is 49.2 Å². The molecule has 1 fully saturated rings. The maximum atomic E-state index is 12.3. The Labute approximate surface area is 171 Å². The first-order valence-electron chi connectivity index (χ1n) is 9.74. The first kappa shape index (κ1) is 20.6. The molecule has 7 heteroatoms. The zero-order chi connectivity index (χ0) is 19.8. The summed E-state index contributed by atoms with van der Waals surface area (Å²) in [6.45, 7) is 5.06. The van der Waals surface area contributed by atoms with E-state index in [1.165, 1.54) is 5.56 Å². The Hall–Kier alpha value is -2.12. The Kier molecular flexibility index (Phi) is 7.68. The number of piperidine rings is 1. The maximum absolute atomic E-state index is 12.3. The van der Waals surface area contributed by atoms with Gasteiger partial charge in [0, 0.05) is 56.6 Å². The molecule has 1 aliphatic heterocycles. The minimum absolute atomic E-state index is 0.0728. The Morgan fingerprint density at radius 1 is 1.21 bits per heavy atom. The molecule has 1 amide bonds. The lowest BCUT2D eigenvalue weighted by atomic mass is 9.96. The quantitative estimate of drug-likeness (QED) is 0.686. The number of hydrogen-bond donors (Lipinski definition) is 1. The third kappa shape index (κ3) is 5.69. The summed E-state index contributed by atoms with van der Waals surface area (Å²) in [5, 5.41) is 3.93. The maximum Gasteiger partial charge on any atom is 0.223 e. The van der Waals surface area contributed by atoms with Crippen LogP contribution in [0, 0.1) is 12.8 Å². The van der Waals surface area contributed by atoms with Crippen LogP contribution in [-0.2, 0) is 9.53 Å². The topological polar surface area (TPSA) is 67.3 Å². The number of carbonyl (C=O) groups excluding carboxylic acids is 1. The van der Waals surface area contributed by atoms with Crippen LogP contribution in [0.5, 0.6) is 0 Å². The number of ether oxygens (including phenoxy) is 1. The van der Waals surface area contributed by atoms with Gasteiger partial charge in [-0.3, -0.25) is 4.79 Å². The number of anilines is 1. The normalized spacial score (nSPS) is 14.9. The van der Waals surface area contributed by atoms with Crippen molar-refractivity contribution in [1.82, 2.24) is 15.3 Å². The fourth-order valence-corrected chi connectivity index (χ4v) is 4.13. The van der Waals surface area contributed by atoms with Crippen LogP contribution in [0.4, 0.5) is 5.82 Å². The molecule has 2 heterocycles. The summed E-state index contributed by atoms with van der Waals surface area (Å²) in [6.07, 6.45) is 5.99. The number of amides is 1. The second kappa shape index (κ2) is 10.4. The van der Waals surface area contributed by atoms with Crippen LogP contribution in [0.25, 0.3) is 0 Å². The molecule has 0 radical (unpaired) electrons. The van der Waals surface area contributed by atoms with E-state index in [1.807, 2.05) is 0 Å². The molecule has 150 valence electrons. The summed E-state index contributed by atoms with van der Waals surface area (Å²) >= 11 is 1.63. The molecule has 0 saturated carbocycles. The third-order valence-corrected chi connectivity index (χ3v) is 5.86. The lowest BCUT2D eigenvalue weighted by molar-refractivity contribution is -0.125.